The first-order chi connectivity index (χ1) is 15.2. The van der Waals surface area contributed by atoms with Crippen LogP contribution in [0.15, 0.2) is 64.8 Å². The van der Waals surface area contributed by atoms with E-state index in [9.17, 15) is 5.11 Å². The Labute approximate surface area is 179 Å². The molecular formula is C22H22N8O. The van der Waals surface area contributed by atoms with Crippen LogP contribution >= 0.6 is 0 Å². The summed E-state index contributed by atoms with van der Waals surface area (Å²) in [6.45, 7) is 1.80. The van der Waals surface area contributed by atoms with E-state index in [1.54, 1.807) is 11.6 Å². The predicted molar refractivity (Wildman–Crippen MR) is 120 cm³/mol. The van der Waals surface area contributed by atoms with Gasteiger partial charge in [-0.25, -0.2) is 0 Å². The number of rotatable bonds is 5. The largest absolute Gasteiger partial charge is 0.493 e. The maximum Gasteiger partial charge on any atom is 0.275 e. The van der Waals surface area contributed by atoms with Gasteiger partial charge in [0.25, 0.3) is 5.95 Å². The van der Waals surface area contributed by atoms with Gasteiger partial charge in [-0.1, -0.05) is 36.4 Å². The lowest BCUT2D eigenvalue weighted by atomic mass is 10.2. The fourth-order valence-corrected chi connectivity index (χ4v) is 3.72. The maximum absolute atomic E-state index is 10.5. The van der Waals surface area contributed by atoms with Crippen molar-refractivity contribution in [3.63, 3.8) is 0 Å². The van der Waals surface area contributed by atoms with Crippen LogP contribution in [0.1, 0.15) is 12.8 Å². The van der Waals surface area contributed by atoms with Crippen molar-refractivity contribution in [2.75, 3.05) is 23.3 Å². The summed E-state index contributed by atoms with van der Waals surface area (Å²) in [6, 6.07) is 17.3. The Hall–Kier alpha value is -4.01. The van der Waals surface area contributed by atoms with E-state index < -0.39 is 0 Å². The number of hydrogen-bond acceptors (Lipinski definition) is 8. The minimum atomic E-state index is 0.0430. The maximum atomic E-state index is 10.5. The molecule has 1 aliphatic rings. The van der Waals surface area contributed by atoms with Crippen LogP contribution in [0, 0.1) is 0 Å². The SMILES string of the molecule is Cn1c(O)c(N=Nc2nc(Nc3ccccc3)nc(N3CCCC3)n2)c2ccccc21. The van der Waals surface area contributed by atoms with Crippen molar-refractivity contribution in [3.8, 4) is 5.88 Å². The molecule has 5 rings (SSSR count). The summed E-state index contributed by atoms with van der Waals surface area (Å²) < 4.78 is 1.68. The number of aryl methyl sites for hydroxylation is 1. The Balaban J connectivity index is 1.53. The number of aromatic hydroxyl groups is 1. The van der Waals surface area contributed by atoms with Crippen molar-refractivity contribution in [1.29, 1.82) is 0 Å². The Morgan fingerprint density at radius 3 is 2.45 bits per heavy atom. The number of hydrogen-bond donors (Lipinski definition) is 2. The van der Waals surface area contributed by atoms with E-state index in [0.717, 1.165) is 42.5 Å². The summed E-state index contributed by atoms with van der Waals surface area (Å²) in [4.78, 5) is 15.6. The van der Waals surface area contributed by atoms with Gasteiger partial charge in [0.1, 0.15) is 0 Å². The fourth-order valence-electron chi connectivity index (χ4n) is 3.72. The lowest BCUT2D eigenvalue weighted by Crippen LogP contribution is -2.21. The van der Waals surface area contributed by atoms with Crippen LogP contribution < -0.4 is 10.2 Å². The van der Waals surface area contributed by atoms with Crippen molar-refractivity contribution >= 4 is 40.1 Å². The van der Waals surface area contributed by atoms with Crippen molar-refractivity contribution in [2.45, 2.75) is 12.8 Å². The molecule has 4 aromatic rings. The zero-order valence-electron chi connectivity index (χ0n) is 17.1. The van der Waals surface area contributed by atoms with E-state index in [1.807, 2.05) is 54.6 Å². The number of para-hydroxylation sites is 2. The summed E-state index contributed by atoms with van der Waals surface area (Å²) in [7, 11) is 1.78. The fraction of sp³-hybridized carbons (Fsp3) is 0.227. The van der Waals surface area contributed by atoms with Crippen LogP contribution in [0.5, 0.6) is 5.88 Å². The molecule has 0 spiro atoms. The number of nitrogens with zero attached hydrogens (tertiary/aromatic N) is 7. The van der Waals surface area contributed by atoms with Gasteiger partial charge in [0.15, 0.2) is 5.69 Å². The summed E-state index contributed by atoms with van der Waals surface area (Å²) in [5.74, 6) is 1.20. The number of fused-ring (bicyclic) bond motifs is 1. The first-order valence-corrected chi connectivity index (χ1v) is 10.2. The summed E-state index contributed by atoms with van der Waals surface area (Å²) >= 11 is 0. The molecule has 9 heteroatoms. The third kappa shape index (κ3) is 3.77. The van der Waals surface area contributed by atoms with Crippen LogP contribution in [-0.4, -0.2) is 37.7 Å². The van der Waals surface area contributed by atoms with Crippen LogP contribution in [-0.2, 0) is 7.05 Å². The molecule has 0 radical (unpaired) electrons. The standard InChI is InChI=1S/C22H22N8O/c1-29-17-12-6-5-11-16(17)18(19(29)31)27-28-21-24-20(23-15-9-3-2-4-10-15)25-22(26-21)30-13-7-8-14-30/h2-6,9-12,31H,7-8,13-14H2,1H3,(H,23,24,25,26). The minimum Gasteiger partial charge on any atom is -0.493 e. The molecule has 0 saturated carbocycles. The lowest BCUT2D eigenvalue weighted by molar-refractivity contribution is 0.436. The van der Waals surface area contributed by atoms with Crippen molar-refractivity contribution in [3.05, 3.63) is 54.6 Å². The van der Waals surface area contributed by atoms with Gasteiger partial charge in [-0.15, -0.1) is 10.2 Å². The first kappa shape index (κ1) is 19.0. The second-order valence-corrected chi connectivity index (χ2v) is 7.39. The second-order valence-electron chi connectivity index (χ2n) is 7.39. The van der Waals surface area contributed by atoms with E-state index in [2.05, 4.69) is 35.4 Å². The Bertz CT molecular complexity index is 1250. The van der Waals surface area contributed by atoms with Gasteiger partial charge in [0.05, 0.1) is 5.52 Å². The Kier molecular flexibility index (Phi) is 4.91. The molecule has 1 aliphatic heterocycles. The number of benzene rings is 2. The number of nitrogens with one attached hydrogen (secondary N) is 1. The molecule has 1 saturated heterocycles. The van der Waals surface area contributed by atoms with Crippen molar-refractivity contribution in [1.82, 2.24) is 19.5 Å². The molecule has 1 fully saturated rings. The van der Waals surface area contributed by atoms with E-state index in [1.165, 1.54) is 0 Å². The van der Waals surface area contributed by atoms with Crippen molar-refractivity contribution < 1.29 is 5.11 Å². The van der Waals surface area contributed by atoms with Gasteiger partial charge >= 0.3 is 0 Å². The molecule has 0 atom stereocenters. The smallest absolute Gasteiger partial charge is 0.275 e. The molecular weight excluding hydrogens is 392 g/mol. The molecule has 9 nitrogen and oxygen atoms in total. The molecule has 2 aromatic carbocycles. The molecule has 2 N–H and O–H groups in total. The number of azo groups is 1. The van der Waals surface area contributed by atoms with Gasteiger partial charge < -0.3 is 19.9 Å². The molecule has 3 heterocycles. The highest BCUT2D eigenvalue weighted by Crippen LogP contribution is 2.38. The monoisotopic (exact) mass is 414 g/mol. The summed E-state index contributed by atoms with van der Waals surface area (Å²) in [5.41, 5.74) is 2.13. The molecule has 0 bridgehead atoms. The highest BCUT2D eigenvalue weighted by Gasteiger charge is 2.18. The van der Waals surface area contributed by atoms with Gasteiger partial charge in [-0.3, -0.25) is 0 Å². The van der Waals surface area contributed by atoms with Crippen LogP contribution in [0.3, 0.4) is 0 Å². The summed E-state index contributed by atoms with van der Waals surface area (Å²) in [6.07, 6.45) is 2.21. The van der Waals surface area contributed by atoms with Gasteiger partial charge in [0.2, 0.25) is 17.8 Å². The van der Waals surface area contributed by atoms with Gasteiger partial charge in [0, 0.05) is 31.2 Å². The van der Waals surface area contributed by atoms with E-state index >= 15 is 0 Å². The van der Waals surface area contributed by atoms with Gasteiger partial charge in [-0.05, 0) is 31.0 Å². The highest BCUT2D eigenvalue weighted by molar-refractivity contribution is 5.94. The third-order valence-corrected chi connectivity index (χ3v) is 5.32. The molecule has 0 unspecified atom stereocenters. The van der Waals surface area contributed by atoms with Crippen LogP contribution in [0.25, 0.3) is 10.9 Å². The molecule has 31 heavy (non-hydrogen) atoms. The lowest BCUT2D eigenvalue weighted by Gasteiger charge is -2.15. The van der Waals surface area contributed by atoms with E-state index in [0.29, 0.717) is 17.6 Å². The zero-order valence-corrected chi connectivity index (χ0v) is 17.1. The normalized spacial score (nSPS) is 14.0. The zero-order chi connectivity index (χ0) is 21.2. The first-order valence-electron chi connectivity index (χ1n) is 10.2. The topological polar surface area (TPSA) is 104 Å². The molecule has 2 aromatic heterocycles. The Morgan fingerprint density at radius 2 is 1.65 bits per heavy atom. The average molecular weight is 414 g/mol. The minimum absolute atomic E-state index is 0.0430. The molecule has 156 valence electrons. The second kappa shape index (κ2) is 8.02. The van der Waals surface area contributed by atoms with Crippen LogP contribution in [0.4, 0.5) is 29.2 Å². The molecule has 0 amide bonds. The molecule has 0 aliphatic carbocycles. The van der Waals surface area contributed by atoms with Crippen LogP contribution in [0.2, 0.25) is 0 Å². The highest BCUT2D eigenvalue weighted by atomic mass is 16.3. The van der Waals surface area contributed by atoms with Crippen molar-refractivity contribution in [2.24, 2.45) is 17.3 Å². The number of anilines is 3. The van der Waals surface area contributed by atoms with E-state index in [-0.39, 0.29) is 11.8 Å². The Morgan fingerprint density at radius 1 is 0.903 bits per heavy atom. The third-order valence-electron chi connectivity index (χ3n) is 5.32. The quantitative estimate of drug-likeness (QED) is 0.453. The average Bonchev–Trinajstić information content (AvgIpc) is 3.42. The van der Waals surface area contributed by atoms with Gasteiger partial charge in [-0.2, -0.15) is 15.0 Å². The van der Waals surface area contributed by atoms with E-state index in [4.69, 9.17) is 0 Å². The number of aromatic nitrogens is 4. The summed E-state index contributed by atoms with van der Waals surface area (Å²) in [5, 5.41) is 23.1. The predicted octanol–water partition coefficient (Wildman–Crippen LogP) is 4.83.